The van der Waals surface area contributed by atoms with Gasteiger partial charge in [0.1, 0.15) is 0 Å². The van der Waals surface area contributed by atoms with Gasteiger partial charge in [-0.3, -0.25) is 0 Å². The maximum atomic E-state index is 11.8. The Morgan fingerprint density at radius 3 is 2.22 bits per heavy atom. The normalized spacial score (nSPS) is 17.1. The van der Waals surface area contributed by atoms with Crippen molar-refractivity contribution >= 4 is 12.0 Å². The Balaban J connectivity index is 0.000000468. The highest BCUT2D eigenvalue weighted by Crippen LogP contribution is 2.39. The molecule has 0 spiro atoms. The van der Waals surface area contributed by atoms with Crippen LogP contribution in [0.15, 0.2) is 91.5 Å². The summed E-state index contributed by atoms with van der Waals surface area (Å²) in [5.41, 5.74) is 5.92. The lowest BCUT2D eigenvalue weighted by Gasteiger charge is -2.29. The van der Waals surface area contributed by atoms with Gasteiger partial charge in [-0.05, 0) is 85.6 Å². The molecule has 194 valence electrons. The zero-order valence-corrected chi connectivity index (χ0v) is 22.5. The number of carboxylic acid groups (broad SMARTS) is 1. The fraction of sp³-hybridized carbons (Fsp3) is 0.343. The average Bonchev–Trinajstić information content (AvgIpc) is 2.92. The van der Waals surface area contributed by atoms with Crippen LogP contribution in [0.5, 0.6) is 0 Å². The molecule has 3 aromatic carbocycles. The quantitative estimate of drug-likeness (QED) is 0.237. The molecule has 0 heterocycles. The van der Waals surface area contributed by atoms with Gasteiger partial charge in [0.05, 0.1) is 5.56 Å². The van der Waals surface area contributed by atoms with Gasteiger partial charge in [0.25, 0.3) is 0 Å². The van der Waals surface area contributed by atoms with E-state index in [1.54, 1.807) is 6.07 Å². The van der Waals surface area contributed by atoms with E-state index in [1.165, 1.54) is 49.7 Å². The maximum absolute atomic E-state index is 11.8. The number of hydrogen-bond acceptors (Lipinski definition) is 1. The molecule has 4 rings (SSSR count). The van der Waals surface area contributed by atoms with Crippen LogP contribution >= 0.6 is 0 Å². The second-order valence-corrected chi connectivity index (χ2v) is 10.2. The number of aromatic carboxylic acids is 1. The van der Waals surface area contributed by atoms with Crippen LogP contribution in [0.3, 0.4) is 0 Å². The fourth-order valence-electron chi connectivity index (χ4n) is 5.18. The second-order valence-electron chi connectivity index (χ2n) is 10.2. The molecule has 2 nitrogen and oxygen atoms in total. The van der Waals surface area contributed by atoms with Crippen LogP contribution in [-0.2, 0) is 0 Å². The highest BCUT2D eigenvalue weighted by atomic mass is 16.4. The minimum Gasteiger partial charge on any atom is -0.478 e. The molecule has 3 aromatic rings. The number of hydrogen-bond donors (Lipinski definition) is 1. The number of benzene rings is 3. The molecule has 0 atom stereocenters. The average molecular weight is 495 g/mol. The van der Waals surface area contributed by atoms with Crippen molar-refractivity contribution < 1.29 is 9.90 Å². The van der Waals surface area contributed by atoms with Gasteiger partial charge in [-0.1, -0.05) is 110 Å². The summed E-state index contributed by atoms with van der Waals surface area (Å²) in [5.74, 6) is 0.555. The second kappa shape index (κ2) is 15.0. The highest BCUT2D eigenvalue weighted by molar-refractivity contribution is 5.96. The zero-order chi connectivity index (χ0) is 26.5. The number of aryl methyl sites for hydroxylation is 1. The van der Waals surface area contributed by atoms with Crippen LogP contribution in [0.2, 0.25) is 0 Å². The summed E-state index contributed by atoms with van der Waals surface area (Å²) >= 11 is 0. The molecule has 0 radical (unpaired) electrons. The van der Waals surface area contributed by atoms with E-state index >= 15 is 0 Å². The Morgan fingerprint density at radius 2 is 1.65 bits per heavy atom. The van der Waals surface area contributed by atoms with Gasteiger partial charge in [0.2, 0.25) is 0 Å². The van der Waals surface area contributed by atoms with Gasteiger partial charge < -0.3 is 5.11 Å². The predicted molar refractivity (Wildman–Crippen MR) is 158 cm³/mol. The largest absolute Gasteiger partial charge is 0.478 e. The molecule has 1 fully saturated rings. The first kappa shape index (κ1) is 28.2. The van der Waals surface area contributed by atoms with Crippen LogP contribution in [0.25, 0.3) is 17.2 Å². The standard InChI is InChI=1S/C28H34O2.C7H8/c1-3-5-6-7-9-22-12-16-24(17-13-22)27-20-25(18-19-26(27)28(29)30)23-14-10-21(8-4-2)11-15-23;1-7-5-3-2-4-6-7/h3,7,9,12-13,16-21,23H,1,4-6,8,10-11,14-15H2,2H3,(H,29,30);2-6H,1H3. The van der Waals surface area contributed by atoms with Gasteiger partial charge in [0.15, 0.2) is 0 Å². The zero-order valence-electron chi connectivity index (χ0n) is 22.5. The van der Waals surface area contributed by atoms with Crippen molar-refractivity contribution in [2.24, 2.45) is 5.92 Å². The molecule has 1 aliphatic carbocycles. The molecule has 0 aromatic heterocycles. The molecule has 1 N–H and O–H groups in total. The van der Waals surface area contributed by atoms with Crippen molar-refractivity contribution in [1.29, 1.82) is 0 Å². The third kappa shape index (κ3) is 8.89. The molecule has 2 heteroatoms. The van der Waals surface area contributed by atoms with Crippen molar-refractivity contribution in [2.75, 3.05) is 0 Å². The Kier molecular flexibility index (Phi) is 11.4. The smallest absolute Gasteiger partial charge is 0.336 e. The fourth-order valence-corrected chi connectivity index (χ4v) is 5.18. The summed E-state index contributed by atoms with van der Waals surface area (Å²) < 4.78 is 0. The van der Waals surface area contributed by atoms with E-state index in [0.717, 1.165) is 35.4 Å². The third-order valence-electron chi connectivity index (χ3n) is 7.30. The molecular weight excluding hydrogens is 452 g/mol. The first-order chi connectivity index (χ1) is 18.0. The van der Waals surface area contributed by atoms with E-state index in [1.807, 2.05) is 42.5 Å². The van der Waals surface area contributed by atoms with Crippen molar-refractivity contribution in [1.82, 2.24) is 0 Å². The topological polar surface area (TPSA) is 37.3 Å². The van der Waals surface area contributed by atoms with Crippen LogP contribution in [0, 0.1) is 12.8 Å². The summed E-state index contributed by atoms with van der Waals surface area (Å²) in [4.78, 5) is 11.8. The van der Waals surface area contributed by atoms with Crippen molar-refractivity contribution in [3.05, 3.63) is 114 Å². The van der Waals surface area contributed by atoms with E-state index in [-0.39, 0.29) is 0 Å². The van der Waals surface area contributed by atoms with Crippen molar-refractivity contribution in [3.8, 4) is 11.1 Å². The SMILES string of the molecule is C=CCCC=Cc1ccc(-c2cc(C3CCC(CCC)CC3)ccc2C(=O)O)cc1.Cc1ccccc1. The molecule has 0 aliphatic heterocycles. The highest BCUT2D eigenvalue weighted by Gasteiger charge is 2.23. The Labute approximate surface area is 223 Å². The molecule has 0 bridgehead atoms. The summed E-state index contributed by atoms with van der Waals surface area (Å²) in [7, 11) is 0. The predicted octanol–water partition coefficient (Wildman–Crippen LogP) is 10.1. The number of carbonyl (C=O) groups is 1. The molecule has 0 saturated heterocycles. The van der Waals surface area contributed by atoms with Gasteiger partial charge in [0, 0.05) is 0 Å². The van der Waals surface area contributed by atoms with E-state index in [2.05, 4.69) is 62.9 Å². The van der Waals surface area contributed by atoms with Gasteiger partial charge >= 0.3 is 5.97 Å². The number of allylic oxidation sites excluding steroid dienone is 2. The van der Waals surface area contributed by atoms with Crippen molar-refractivity contribution in [2.45, 2.75) is 71.1 Å². The monoisotopic (exact) mass is 494 g/mol. The number of unbranched alkanes of at least 4 members (excludes halogenated alkanes) is 1. The van der Waals surface area contributed by atoms with Gasteiger partial charge in [-0.25, -0.2) is 4.79 Å². The van der Waals surface area contributed by atoms with E-state index < -0.39 is 5.97 Å². The van der Waals surface area contributed by atoms with E-state index in [4.69, 9.17) is 0 Å². The lowest BCUT2D eigenvalue weighted by Crippen LogP contribution is -2.13. The summed E-state index contributed by atoms with van der Waals surface area (Å²) in [6, 6.07) is 24.4. The minimum atomic E-state index is -0.864. The summed E-state index contributed by atoms with van der Waals surface area (Å²) in [6.07, 6.45) is 15.8. The first-order valence-corrected chi connectivity index (χ1v) is 13.8. The molecular formula is C35H42O2. The van der Waals surface area contributed by atoms with Crippen LogP contribution in [0.4, 0.5) is 0 Å². The Hall–Kier alpha value is -3.39. The first-order valence-electron chi connectivity index (χ1n) is 13.8. The Bertz CT molecular complexity index is 1130. The Morgan fingerprint density at radius 1 is 0.946 bits per heavy atom. The minimum absolute atomic E-state index is 0.382. The van der Waals surface area contributed by atoms with Gasteiger partial charge in [-0.2, -0.15) is 0 Å². The lowest BCUT2D eigenvalue weighted by molar-refractivity contribution is 0.0697. The van der Waals surface area contributed by atoms with Crippen LogP contribution < -0.4 is 0 Å². The molecule has 1 aliphatic rings. The number of rotatable bonds is 9. The number of carboxylic acids is 1. The van der Waals surface area contributed by atoms with Crippen molar-refractivity contribution in [3.63, 3.8) is 0 Å². The molecule has 1 saturated carbocycles. The molecule has 37 heavy (non-hydrogen) atoms. The molecule has 0 amide bonds. The van der Waals surface area contributed by atoms with E-state index in [0.29, 0.717) is 11.5 Å². The maximum Gasteiger partial charge on any atom is 0.336 e. The van der Waals surface area contributed by atoms with E-state index in [9.17, 15) is 9.90 Å². The van der Waals surface area contributed by atoms with Gasteiger partial charge in [-0.15, -0.1) is 6.58 Å². The summed E-state index contributed by atoms with van der Waals surface area (Å²) in [6.45, 7) is 8.10. The van der Waals surface area contributed by atoms with Crippen LogP contribution in [0.1, 0.15) is 91.3 Å². The molecule has 0 unspecified atom stereocenters. The summed E-state index contributed by atoms with van der Waals surface area (Å²) in [5, 5.41) is 9.72. The van der Waals surface area contributed by atoms with Crippen LogP contribution in [-0.4, -0.2) is 11.1 Å². The lowest BCUT2D eigenvalue weighted by atomic mass is 9.76. The third-order valence-corrected chi connectivity index (χ3v) is 7.30.